The Labute approximate surface area is 121 Å². The van der Waals surface area contributed by atoms with Crippen molar-refractivity contribution in [3.63, 3.8) is 0 Å². The summed E-state index contributed by atoms with van der Waals surface area (Å²) in [5.41, 5.74) is -0.219. The quantitative estimate of drug-likeness (QED) is 0.445. The predicted molar refractivity (Wildman–Crippen MR) is 73.2 cm³/mol. The van der Waals surface area contributed by atoms with Crippen LogP contribution < -0.4 is 4.74 Å². The van der Waals surface area contributed by atoms with Gasteiger partial charge in [-0.2, -0.15) is 0 Å². The van der Waals surface area contributed by atoms with Gasteiger partial charge in [-0.25, -0.2) is 0 Å². The van der Waals surface area contributed by atoms with E-state index in [-0.39, 0.29) is 30.0 Å². The predicted octanol–water partition coefficient (Wildman–Crippen LogP) is 1.24. The van der Waals surface area contributed by atoms with Gasteiger partial charge in [0.2, 0.25) is 5.75 Å². The molecule has 0 heterocycles. The fourth-order valence-electron chi connectivity index (χ4n) is 1.72. The summed E-state index contributed by atoms with van der Waals surface area (Å²) in [5, 5.41) is 10.9. The van der Waals surface area contributed by atoms with Crippen LogP contribution in [-0.4, -0.2) is 49.5 Å². The molecule has 21 heavy (non-hydrogen) atoms. The summed E-state index contributed by atoms with van der Waals surface area (Å²) in [6.45, 7) is 0.136. The molecule has 0 aliphatic heterocycles. The van der Waals surface area contributed by atoms with E-state index in [0.29, 0.717) is 0 Å². The standard InChI is InChI=1S/C13H16N2O6/c1-14(8-7-11(16)20-2)13(17)9-5-4-6-10(15(18)19)12(9)21-3/h4-6H,7-8H2,1-3H3. The summed E-state index contributed by atoms with van der Waals surface area (Å²) in [6, 6.07) is 4.09. The Morgan fingerprint density at radius 2 is 2.00 bits per heavy atom. The molecular formula is C13H16N2O6. The highest BCUT2D eigenvalue weighted by molar-refractivity contribution is 5.98. The molecule has 1 aromatic rings. The number of carbonyl (C=O) groups is 2. The Morgan fingerprint density at radius 1 is 1.33 bits per heavy atom. The summed E-state index contributed by atoms with van der Waals surface area (Å²) >= 11 is 0. The van der Waals surface area contributed by atoms with Crippen molar-refractivity contribution >= 4 is 17.6 Å². The van der Waals surface area contributed by atoms with Crippen molar-refractivity contribution in [2.24, 2.45) is 0 Å². The molecule has 0 atom stereocenters. The lowest BCUT2D eigenvalue weighted by molar-refractivity contribution is -0.385. The first kappa shape index (κ1) is 16.4. The molecule has 0 fully saturated rings. The average Bonchev–Trinajstić information content (AvgIpc) is 2.50. The highest BCUT2D eigenvalue weighted by Crippen LogP contribution is 2.31. The third-order valence-electron chi connectivity index (χ3n) is 2.85. The second-order valence-corrected chi connectivity index (χ2v) is 4.17. The number of nitrogens with zero attached hydrogens (tertiary/aromatic N) is 2. The number of nitro benzene ring substituents is 1. The van der Waals surface area contributed by atoms with E-state index in [1.807, 2.05) is 0 Å². The van der Waals surface area contributed by atoms with Gasteiger partial charge in [-0.15, -0.1) is 0 Å². The maximum atomic E-state index is 12.3. The molecule has 1 amide bonds. The molecule has 0 aromatic heterocycles. The van der Waals surface area contributed by atoms with E-state index in [1.54, 1.807) is 0 Å². The van der Waals surface area contributed by atoms with Gasteiger partial charge in [0.05, 0.1) is 31.1 Å². The van der Waals surface area contributed by atoms with E-state index >= 15 is 0 Å². The van der Waals surface area contributed by atoms with Crippen LogP contribution in [0.1, 0.15) is 16.8 Å². The van der Waals surface area contributed by atoms with Gasteiger partial charge in [0.1, 0.15) is 0 Å². The van der Waals surface area contributed by atoms with Crippen molar-refractivity contribution in [3.8, 4) is 5.75 Å². The summed E-state index contributed by atoms with van der Waals surface area (Å²) in [4.78, 5) is 34.9. The van der Waals surface area contributed by atoms with Crippen LogP contribution in [-0.2, 0) is 9.53 Å². The summed E-state index contributed by atoms with van der Waals surface area (Å²) in [7, 11) is 4.00. The zero-order valence-corrected chi connectivity index (χ0v) is 12.0. The molecule has 0 N–H and O–H groups in total. The number of methoxy groups -OCH3 is 2. The van der Waals surface area contributed by atoms with Crippen molar-refractivity contribution in [2.75, 3.05) is 27.8 Å². The second-order valence-electron chi connectivity index (χ2n) is 4.17. The topological polar surface area (TPSA) is 99.0 Å². The molecule has 1 rings (SSSR count). The van der Waals surface area contributed by atoms with E-state index in [9.17, 15) is 19.7 Å². The number of hydrogen-bond acceptors (Lipinski definition) is 6. The maximum Gasteiger partial charge on any atom is 0.311 e. The van der Waals surface area contributed by atoms with Gasteiger partial charge in [-0.1, -0.05) is 6.07 Å². The van der Waals surface area contributed by atoms with E-state index < -0.39 is 16.8 Å². The van der Waals surface area contributed by atoms with E-state index in [0.717, 1.165) is 0 Å². The van der Waals surface area contributed by atoms with Crippen LogP contribution in [0.5, 0.6) is 5.75 Å². The zero-order valence-electron chi connectivity index (χ0n) is 12.0. The third kappa shape index (κ3) is 3.91. The van der Waals surface area contributed by atoms with Crippen LogP contribution >= 0.6 is 0 Å². The molecule has 8 heteroatoms. The van der Waals surface area contributed by atoms with Crippen LogP contribution in [0, 0.1) is 10.1 Å². The molecule has 0 bridgehead atoms. The number of esters is 1. The van der Waals surface area contributed by atoms with Crippen LogP contribution in [0.25, 0.3) is 0 Å². The Balaban J connectivity index is 2.99. The van der Waals surface area contributed by atoms with Gasteiger partial charge >= 0.3 is 11.7 Å². The molecule has 114 valence electrons. The number of benzene rings is 1. The van der Waals surface area contributed by atoms with Crippen molar-refractivity contribution in [2.45, 2.75) is 6.42 Å². The normalized spacial score (nSPS) is 9.86. The molecular weight excluding hydrogens is 280 g/mol. The van der Waals surface area contributed by atoms with Crippen molar-refractivity contribution in [3.05, 3.63) is 33.9 Å². The van der Waals surface area contributed by atoms with Crippen LogP contribution in [0.2, 0.25) is 0 Å². The minimum atomic E-state index is -0.621. The van der Waals surface area contributed by atoms with Crippen LogP contribution in [0.15, 0.2) is 18.2 Å². The van der Waals surface area contributed by atoms with Crippen LogP contribution in [0.4, 0.5) is 5.69 Å². The SMILES string of the molecule is COC(=O)CCN(C)C(=O)c1cccc([N+](=O)[O-])c1OC. The van der Waals surface area contributed by atoms with E-state index in [2.05, 4.69) is 4.74 Å². The maximum absolute atomic E-state index is 12.3. The van der Waals surface area contributed by atoms with E-state index in [4.69, 9.17) is 4.74 Å². The van der Waals surface area contributed by atoms with Crippen molar-refractivity contribution < 1.29 is 24.0 Å². The number of carbonyl (C=O) groups excluding carboxylic acids is 2. The lowest BCUT2D eigenvalue weighted by Gasteiger charge is -2.17. The molecule has 0 unspecified atom stereocenters. The number of hydrogen-bond donors (Lipinski definition) is 0. The summed E-state index contributed by atoms with van der Waals surface area (Å²) in [6.07, 6.45) is 0.0377. The Morgan fingerprint density at radius 3 is 2.52 bits per heavy atom. The molecule has 0 saturated carbocycles. The van der Waals surface area contributed by atoms with Crippen molar-refractivity contribution in [1.29, 1.82) is 0 Å². The second kappa shape index (κ2) is 7.22. The lowest BCUT2D eigenvalue weighted by Crippen LogP contribution is -2.29. The molecule has 0 saturated heterocycles. The van der Waals surface area contributed by atoms with Crippen LogP contribution in [0.3, 0.4) is 0 Å². The van der Waals surface area contributed by atoms with Gasteiger partial charge in [0, 0.05) is 19.7 Å². The number of nitro groups is 1. The lowest BCUT2D eigenvalue weighted by atomic mass is 10.1. The Hall–Kier alpha value is -2.64. The van der Waals surface area contributed by atoms with Gasteiger partial charge in [0.15, 0.2) is 0 Å². The fraction of sp³-hybridized carbons (Fsp3) is 0.385. The Kier molecular flexibility index (Phi) is 5.65. The number of amides is 1. The first-order valence-corrected chi connectivity index (χ1v) is 6.06. The fourth-order valence-corrected chi connectivity index (χ4v) is 1.72. The van der Waals surface area contributed by atoms with Gasteiger partial charge in [0.25, 0.3) is 5.91 Å². The number of ether oxygens (including phenoxy) is 2. The molecule has 0 aliphatic carbocycles. The zero-order chi connectivity index (χ0) is 16.0. The molecule has 0 radical (unpaired) electrons. The minimum absolute atomic E-state index is 0.0377. The highest BCUT2D eigenvalue weighted by atomic mass is 16.6. The van der Waals surface area contributed by atoms with Gasteiger partial charge in [-0.3, -0.25) is 19.7 Å². The third-order valence-corrected chi connectivity index (χ3v) is 2.85. The first-order chi connectivity index (χ1) is 9.92. The van der Waals surface area contributed by atoms with Gasteiger partial charge < -0.3 is 14.4 Å². The number of rotatable bonds is 6. The first-order valence-electron chi connectivity index (χ1n) is 6.06. The van der Waals surface area contributed by atoms with Gasteiger partial charge in [-0.05, 0) is 6.07 Å². The minimum Gasteiger partial charge on any atom is -0.490 e. The molecule has 8 nitrogen and oxygen atoms in total. The molecule has 1 aromatic carbocycles. The smallest absolute Gasteiger partial charge is 0.311 e. The molecule has 0 aliphatic rings. The summed E-state index contributed by atoms with van der Waals surface area (Å²) < 4.78 is 9.47. The van der Waals surface area contributed by atoms with Crippen molar-refractivity contribution in [1.82, 2.24) is 4.90 Å². The monoisotopic (exact) mass is 296 g/mol. The number of para-hydroxylation sites is 1. The average molecular weight is 296 g/mol. The largest absolute Gasteiger partial charge is 0.490 e. The Bertz CT molecular complexity index is 558. The highest BCUT2D eigenvalue weighted by Gasteiger charge is 2.24. The van der Waals surface area contributed by atoms with E-state index in [1.165, 1.54) is 44.4 Å². The molecule has 0 spiro atoms. The summed E-state index contributed by atoms with van der Waals surface area (Å²) in [5.74, 6) is -1.02.